The van der Waals surface area contributed by atoms with Crippen molar-refractivity contribution in [2.45, 2.75) is 19.5 Å². The van der Waals surface area contributed by atoms with Crippen molar-refractivity contribution in [1.29, 1.82) is 0 Å². The van der Waals surface area contributed by atoms with Crippen LogP contribution in [0.25, 0.3) is 5.69 Å². The molecule has 0 aliphatic carbocycles. The van der Waals surface area contributed by atoms with E-state index < -0.39 is 0 Å². The van der Waals surface area contributed by atoms with E-state index >= 15 is 0 Å². The standard InChI is InChI=1S/C19H23N5S/c1-2-6-18(7-3-1)24-20-14-17(21-24)15-22-9-5-10-23(12-11-22)16-19-8-4-13-25-19/h1-4,6-8,13-14H,5,9-12,15-16H2. The zero-order valence-electron chi connectivity index (χ0n) is 14.3. The van der Waals surface area contributed by atoms with Gasteiger partial charge in [0.15, 0.2) is 0 Å². The molecule has 4 rings (SSSR count). The van der Waals surface area contributed by atoms with Gasteiger partial charge in [0.25, 0.3) is 0 Å². The largest absolute Gasteiger partial charge is 0.297 e. The molecule has 0 N–H and O–H groups in total. The highest BCUT2D eigenvalue weighted by Crippen LogP contribution is 2.14. The second kappa shape index (κ2) is 7.91. The number of hydrogen-bond donors (Lipinski definition) is 0. The molecule has 3 aromatic rings. The molecule has 1 aliphatic rings. The molecule has 0 bridgehead atoms. The van der Waals surface area contributed by atoms with Crippen molar-refractivity contribution < 1.29 is 0 Å². The van der Waals surface area contributed by atoms with E-state index in [1.165, 1.54) is 17.8 Å². The number of para-hydroxylation sites is 1. The highest BCUT2D eigenvalue weighted by Gasteiger charge is 2.16. The molecule has 1 saturated heterocycles. The fourth-order valence-electron chi connectivity index (χ4n) is 3.25. The van der Waals surface area contributed by atoms with E-state index in [0.717, 1.165) is 44.1 Å². The molecule has 25 heavy (non-hydrogen) atoms. The predicted molar refractivity (Wildman–Crippen MR) is 101 cm³/mol. The van der Waals surface area contributed by atoms with Crippen molar-refractivity contribution >= 4 is 11.3 Å². The van der Waals surface area contributed by atoms with Crippen LogP contribution in [0.4, 0.5) is 0 Å². The van der Waals surface area contributed by atoms with Crippen molar-refractivity contribution in [3.05, 3.63) is 64.6 Å². The Morgan fingerprint density at radius 3 is 2.44 bits per heavy atom. The normalized spacial score (nSPS) is 16.8. The van der Waals surface area contributed by atoms with Gasteiger partial charge in [0.2, 0.25) is 0 Å². The second-order valence-electron chi connectivity index (χ2n) is 6.45. The van der Waals surface area contributed by atoms with Crippen molar-refractivity contribution in [3.8, 4) is 5.69 Å². The molecule has 0 spiro atoms. The molecule has 1 fully saturated rings. The molecule has 2 aromatic heterocycles. The summed E-state index contributed by atoms with van der Waals surface area (Å²) in [6, 6.07) is 14.4. The van der Waals surface area contributed by atoms with Crippen LogP contribution in [-0.2, 0) is 13.1 Å². The van der Waals surface area contributed by atoms with Gasteiger partial charge < -0.3 is 0 Å². The Hall–Kier alpha value is -2.02. The first-order valence-electron chi connectivity index (χ1n) is 8.80. The molecular formula is C19H23N5S. The van der Waals surface area contributed by atoms with E-state index in [9.17, 15) is 0 Å². The van der Waals surface area contributed by atoms with Crippen molar-refractivity contribution in [2.75, 3.05) is 26.2 Å². The zero-order chi connectivity index (χ0) is 16.9. The molecule has 6 heteroatoms. The van der Waals surface area contributed by atoms with E-state index in [-0.39, 0.29) is 0 Å². The zero-order valence-corrected chi connectivity index (χ0v) is 15.1. The van der Waals surface area contributed by atoms with E-state index in [0.29, 0.717) is 0 Å². The Kier molecular flexibility index (Phi) is 5.20. The maximum absolute atomic E-state index is 4.64. The average molecular weight is 353 g/mol. The van der Waals surface area contributed by atoms with Gasteiger partial charge in [0.05, 0.1) is 17.6 Å². The lowest BCUT2D eigenvalue weighted by Crippen LogP contribution is -2.30. The Labute approximate surface area is 152 Å². The highest BCUT2D eigenvalue weighted by atomic mass is 32.1. The molecule has 0 atom stereocenters. The maximum atomic E-state index is 4.64. The fourth-order valence-corrected chi connectivity index (χ4v) is 3.99. The molecule has 1 aliphatic heterocycles. The van der Waals surface area contributed by atoms with E-state index in [1.54, 1.807) is 4.80 Å². The third kappa shape index (κ3) is 4.34. The minimum Gasteiger partial charge on any atom is -0.297 e. The number of benzene rings is 1. The first-order valence-corrected chi connectivity index (χ1v) is 9.68. The van der Waals surface area contributed by atoms with E-state index in [4.69, 9.17) is 0 Å². The van der Waals surface area contributed by atoms with Crippen LogP contribution in [0.2, 0.25) is 0 Å². The Bertz CT molecular complexity index is 768. The van der Waals surface area contributed by atoms with Gasteiger partial charge in [0.1, 0.15) is 0 Å². The van der Waals surface area contributed by atoms with Gasteiger partial charge in [-0.1, -0.05) is 24.3 Å². The summed E-state index contributed by atoms with van der Waals surface area (Å²) in [5.74, 6) is 0. The summed E-state index contributed by atoms with van der Waals surface area (Å²) in [7, 11) is 0. The molecule has 0 amide bonds. The summed E-state index contributed by atoms with van der Waals surface area (Å²) in [5.41, 5.74) is 2.04. The van der Waals surface area contributed by atoms with Crippen molar-refractivity contribution in [2.24, 2.45) is 0 Å². The lowest BCUT2D eigenvalue weighted by molar-refractivity contribution is 0.246. The smallest absolute Gasteiger partial charge is 0.0971 e. The maximum Gasteiger partial charge on any atom is 0.0971 e. The first kappa shape index (κ1) is 16.4. The highest BCUT2D eigenvalue weighted by molar-refractivity contribution is 7.09. The van der Waals surface area contributed by atoms with Gasteiger partial charge in [-0.3, -0.25) is 9.80 Å². The molecule has 1 aromatic carbocycles. The summed E-state index contributed by atoms with van der Waals surface area (Å²) in [5, 5.41) is 11.2. The minimum absolute atomic E-state index is 0.875. The second-order valence-corrected chi connectivity index (χ2v) is 7.48. The van der Waals surface area contributed by atoms with Gasteiger partial charge >= 0.3 is 0 Å². The molecule has 0 radical (unpaired) electrons. The first-order chi connectivity index (χ1) is 12.4. The predicted octanol–water partition coefficient (Wildman–Crippen LogP) is 3.04. The number of nitrogens with zero attached hydrogens (tertiary/aromatic N) is 5. The quantitative estimate of drug-likeness (QED) is 0.707. The van der Waals surface area contributed by atoms with Crippen LogP contribution >= 0.6 is 11.3 Å². The van der Waals surface area contributed by atoms with Gasteiger partial charge in [-0.25, -0.2) is 0 Å². The third-order valence-electron chi connectivity index (χ3n) is 4.55. The van der Waals surface area contributed by atoms with Crippen LogP contribution in [0.15, 0.2) is 54.0 Å². The lowest BCUT2D eigenvalue weighted by atomic mass is 10.3. The average Bonchev–Trinajstić information content (AvgIpc) is 3.27. The summed E-state index contributed by atoms with van der Waals surface area (Å²) in [4.78, 5) is 8.23. The van der Waals surface area contributed by atoms with Crippen LogP contribution in [-0.4, -0.2) is 51.0 Å². The molecule has 5 nitrogen and oxygen atoms in total. The van der Waals surface area contributed by atoms with Crippen LogP contribution in [0, 0.1) is 0 Å². The summed E-state index contributed by atoms with van der Waals surface area (Å²) in [6.07, 6.45) is 3.10. The topological polar surface area (TPSA) is 37.2 Å². The number of hydrogen-bond acceptors (Lipinski definition) is 5. The van der Waals surface area contributed by atoms with Crippen LogP contribution in [0.3, 0.4) is 0 Å². The fraction of sp³-hybridized carbons (Fsp3) is 0.368. The van der Waals surface area contributed by atoms with Gasteiger partial charge in [-0.15, -0.1) is 11.3 Å². The summed E-state index contributed by atoms with van der Waals surface area (Å²) < 4.78 is 0. The SMILES string of the molecule is c1ccc(-n2ncc(CN3CCCN(Cc4cccs4)CC3)n2)cc1. The Morgan fingerprint density at radius 2 is 1.68 bits per heavy atom. The number of thiophene rings is 1. The van der Waals surface area contributed by atoms with Crippen LogP contribution in [0.5, 0.6) is 0 Å². The molecule has 0 unspecified atom stereocenters. The van der Waals surface area contributed by atoms with E-state index in [2.05, 4.69) is 37.5 Å². The molecule has 130 valence electrons. The van der Waals surface area contributed by atoms with E-state index in [1.807, 2.05) is 47.9 Å². The van der Waals surface area contributed by atoms with Crippen molar-refractivity contribution in [3.63, 3.8) is 0 Å². The minimum atomic E-state index is 0.875. The monoisotopic (exact) mass is 353 g/mol. The lowest BCUT2D eigenvalue weighted by Gasteiger charge is -2.20. The van der Waals surface area contributed by atoms with Crippen molar-refractivity contribution in [1.82, 2.24) is 24.8 Å². The Balaban J connectivity index is 1.33. The molecule has 0 saturated carbocycles. The summed E-state index contributed by atoms with van der Waals surface area (Å²) in [6.45, 7) is 6.45. The van der Waals surface area contributed by atoms with Crippen LogP contribution in [0.1, 0.15) is 17.0 Å². The number of aromatic nitrogens is 3. The number of rotatable bonds is 5. The summed E-state index contributed by atoms with van der Waals surface area (Å²) >= 11 is 1.85. The van der Waals surface area contributed by atoms with Gasteiger partial charge in [-0.05, 0) is 43.1 Å². The van der Waals surface area contributed by atoms with Gasteiger partial charge in [0, 0.05) is 31.1 Å². The van der Waals surface area contributed by atoms with Gasteiger partial charge in [-0.2, -0.15) is 15.0 Å². The Morgan fingerprint density at radius 1 is 0.880 bits per heavy atom. The third-order valence-corrected chi connectivity index (χ3v) is 5.41. The van der Waals surface area contributed by atoms with Crippen LogP contribution < -0.4 is 0 Å². The molecular weight excluding hydrogens is 330 g/mol. The molecule has 3 heterocycles.